The van der Waals surface area contributed by atoms with Gasteiger partial charge in [0, 0.05) is 22.7 Å². The molecule has 0 unspecified atom stereocenters. The average Bonchev–Trinajstić information content (AvgIpc) is 3.22. The number of rotatable bonds is 3. The van der Waals surface area contributed by atoms with Crippen molar-refractivity contribution in [1.82, 2.24) is 9.55 Å². The molecule has 0 saturated carbocycles. The van der Waals surface area contributed by atoms with Gasteiger partial charge in [0.15, 0.2) is 0 Å². The van der Waals surface area contributed by atoms with Crippen molar-refractivity contribution in [2.75, 3.05) is 7.11 Å². The van der Waals surface area contributed by atoms with E-state index in [2.05, 4.69) is 33.5 Å². The van der Waals surface area contributed by atoms with Crippen molar-refractivity contribution in [3.8, 4) is 22.8 Å². The number of hydrogen-bond donors (Lipinski definition) is 0. The van der Waals surface area contributed by atoms with E-state index in [4.69, 9.17) is 9.72 Å². The zero-order valence-corrected chi connectivity index (χ0v) is 12.9. The van der Waals surface area contributed by atoms with E-state index >= 15 is 0 Å². The highest BCUT2D eigenvalue weighted by molar-refractivity contribution is 7.08. The SMILES string of the molecule is COc1ccc2nc(-c3ccsc3)n(-c3ccccc3)c2c1. The van der Waals surface area contributed by atoms with E-state index in [0.717, 1.165) is 33.9 Å². The van der Waals surface area contributed by atoms with Crippen molar-refractivity contribution < 1.29 is 4.74 Å². The normalized spacial score (nSPS) is 11.0. The summed E-state index contributed by atoms with van der Waals surface area (Å²) in [4.78, 5) is 4.82. The molecule has 0 aliphatic heterocycles. The summed E-state index contributed by atoms with van der Waals surface area (Å²) in [6.45, 7) is 0. The van der Waals surface area contributed by atoms with Gasteiger partial charge in [-0.05, 0) is 35.7 Å². The first-order chi connectivity index (χ1) is 10.9. The Kier molecular flexibility index (Phi) is 3.16. The molecule has 0 spiro atoms. The Hall–Kier alpha value is -2.59. The van der Waals surface area contributed by atoms with Crippen molar-refractivity contribution >= 4 is 22.4 Å². The van der Waals surface area contributed by atoms with Crippen LogP contribution in [0.25, 0.3) is 28.1 Å². The number of aromatic nitrogens is 2. The summed E-state index contributed by atoms with van der Waals surface area (Å²) in [5, 5.41) is 4.20. The smallest absolute Gasteiger partial charge is 0.146 e. The third-order valence-electron chi connectivity index (χ3n) is 3.66. The fourth-order valence-electron chi connectivity index (χ4n) is 2.61. The summed E-state index contributed by atoms with van der Waals surface area (Å²) in [6, 6.07) is 18.4. The van der Waals surface area contributed by atoms with Gasteiger partial charge < -0.3 is 4.74 Å². The molecule has 0 aliphatic carbocycles. The first-order valence-electron chi connectivity index (χ1n) is 7.01. The molecular formula is C18H14N2OS. The van der Waals surface area contributed by atoms with Crippen LogP contribution < -0.4 is 4.74 Å². The number of para-hydroxylation sites is 1. The molecule has 2 aromatic carbocycles. The molecule has 4 heteroatoms. The second-order valence-electron chi connectivity index (χ2n) is 4.97. The Balaban J connectivity index is 2.07. The highest BCUT2D eigenvalue weighted by atomic mass is 32.1. The van der Waals surface area contributed by atoms with Crippen LogP contribution in [0.4, 0.5) is 0 Å². The highest BCUT2D eigenvalue weighted by Crippen LogP contribution is 2.31. The summed E-state index contributed by atoms with van der Waals surface area (Å²) in [6.07, 6.45) is 0. The fourth-order valence-corrected chi connectivity index (χ4v) is 3.24. The van der Waals surface area contributed by atoms with E-state index in [1.807, 2.05) is 36.4 Å². The lowest BCUT2D eigenvalue weighted by molar-refractivity contribution is 0.415. The number of benzene rings is 2. The van der Waals surface area contributed by atoms with Crippen molar-refractivity contribution in [3.63, 3.8) is 0 Å². The molecule has 4 rings (SSSR count). The van der Waals surface area contributed by atoms with Crippen LogP contribution in [-0.4, -0.2) is 16.7 Å². The van der Waals surface area contributed by atoms with Crippen LogP contribution in [0.15, 0.2) is 65.4 Å². The van der Waals surface area contributed by atoms with Gasteiger partial charge >= 0.3 is 0 Å². The molecule has 0 radical (unpaired) electrons. The van der Waals surface area contributed by atoms with Gasteiger partial charge in [-0.25, -0.2) is 4.98 Å². The zero-order valence-electron chi connectivity index (χ0n) is 12.1. The van der Waals surface area contributed by atoms with Gasteiger partial charge in [-0.1, -0.05) is 18.2 Å². The Labute approximate surface area is 132 Å². The van der Waals surface area contributed by atoms with Gasteiger partial charge in [-0.2, -0.15) is 11.3 Å². The van der Waals surface area contributed by atoms with Gasteiger partial charge in [0.25, 0.3) is 0 Å². The van der Waals surface area contributed by atoms with Crippen LogP contribution in [-0.2, 0) is 0 Å². The fraction of sp³-hybridized carbons (Fsp3) is 0.0556. The maximum Gasteiger partial charge on any atom is 0.146 e. The molecule has 0 N–H and O–H groups in total. The van der Waals surface area contributed by atoms with E-state index in [0.29, 0.717) is 0 Å². The third kappa shape index (κ3) is 2.09. The number of ether oxygens (including phenoxy) is 1. The lowest BCUT2D eigenvalue weighted by atomic mass is 10.2. The molecule has 0 amide bonds. The molecular weight excluding hydrogens is 292 g/mol. The minimum absolute atomic E-state index is 0.835. The first-order valence-corrected chi connectivity index (χ1v) is 7.95. The van der Waals surface area contributed by atoms with Gasteiger partial charge in [-0.15, -0.1) is 0 Å². The monoisotopic (exact) mass is 306 g/mol. The summed E-state index contributed by atoms with van der Waals surface area (Å²) in [7, 11) is 1.68. The molecule has 4 aromatic rings. The molecule has 2 heterocycles. The van der Waals surface area contributed by atoms with Crippen LogP contribution >= 0.6 is 11.3 Å². The molecule has 0 atom stereocenters. The summed E-state index contributed by atoms with van der Waals surface area (Å²) in [5.74, 6) is 1.79. The van der Waals surface area contributed by atoms with Crippen molar-refractivity contribution in [2.45, 2.75) is 0 Å². The predicted molar refractivity (Wildman–Crippen MR) is 90.9 cm³/mol. The van der Waals surface area contributed by atoms with Crippen LogP contribution in [0.3, 0.4) is 0 Å². The van der Waals surface area contributed by atoms with E-state index in [1.165, 1.54) is 0 Å². The predicted octanol–water partition coefficient (Wildman–Crippen LogP) is 4.76. The molecule has 3 nitrogen and oxygen atoms in total. The minimum atomic E-state index is 0.835. The Morgan fingerprint density at radius 1 is 1.05 bits per heavy atom. The lowest BCUT2D eigenvalue weighted by Gasteiger charge is -2.09. The first kappa shape index (κ1) is 13.1. The van der Waals surface area contributed by atoms with Crippen LogP contribution in [0, 0.1) is 0 Å². The molecule has 0 bridgehead atoms. The quantitative estimate of drug-likeness (QED) is 0.545. The summed E-state index contributed by atoms with van der Waals surface area (Å²) >= 11 is 1.68. The minimum Gasteiger partial charge on any atom is -0.497 e. The molecule has 2 aromatic heterocycles. The summed E-state index contributed by atoms with van der Waals surface area (Å²) < 4.78 is 7.55. The van der Waals surface area contributed by atoms with E-state index in [-0.39, 0.29) is 0 Å². The Morgan fingerprint density at radius 3 is 2.64 bits per heavy atom. The van der Waals surface area contributed by atoms with Crippen molar-refractivity contribution in [1.29, 1.82) is 0 Å². The maximum absolute atomic E-state index is 5.37. The van der Waals surface area contributed by atoms with Crippen molar-refractivity contribution in [3.05, 3.63) is 65.4 Å². The standard InChI is InChI=1S/C18H14N2OS/c1-21-15-7-8-16-17(11-15)20(14-5-3-2-4-6-14)18(19-16)13-9-10-22-12-13/h2-12H,1H3. The number of thiophene rings is 1. The van der Waals surface area contributed by atoms with E-state index < -0.39 is 0 Å². The Morgan fingerprint density at radius 2 is 1.91 bits per heavy atom. The van der Waals surface area contributed by atoms with Crippen LogP contribution in [0.2, 0.25) is 0 Å². The molecule has 22 heavy (non-hydrogen) atoms. The third-order valence-corrected chi connectivity index (χ3v) is 4.34. The number of methoxy groups -OCH3 is 1. The van der Waals surface area contributed by atoms with Crippen LogP contribution in [0.1, 0.15) is 0 Å². The number of hydrogen-bond acceptors (Lipinski definition) is 3. The van der Waals surface area contributed by atoms with Gasteiger partial charge in [0.2, 0.25) is 0 Å². The second kappa shape index (κ2) is 5.31. The van der Waals surface area contributed by atoms with Crippen LogP contribution in [0.5, 0.6) is 5.75 Å². The topological polar surface area (TPSA) is 27.1 Å². The van der Waals surface area contributed by atoms with E-state index in [1.54, 1.807) is 18.4 Å². The molecule has 0 fully saturated rings. The number of nitrogens with zero attached hydrogens (tertiary/aromatic N) is 2. The largest absolute Gasteiger partial charge is 0.497 e. The van der Waals surface area contributed by atoms with Gasteiger partial charge in [0.1, 0.15) is 11.6 Å². The summed E-state index contributed by atoms with van der Waals surface area (Å²) in [5.41, 5.74) is 4.24. The van der Waals surface area contributed by atoms with Gasteiger partial charge in [-0.3, -0.25) is 4.57 Å². The molecule has 0 aliphatic rings. The Bertz CT molecular complexity index is 911. The molecule has 108 valence electrons. The lowest BCUT2D eigenvalue weighted by Crippen LogP contribution is -1.96. The average molecular weight is 306 g/mol. The highest BCUT2D eigenvalue weighted by Gasteiger charge is 2.15. The van der Waals surface area contributed by atoms with E-state index in [9.17, 15) is 0 Å². The van der Waals surface area contributed by atoms with Crippen molar-refractivity contribution in [2.24, 2.45) is 0 Å². The van der Waals surface area contributed by atoms with Gasteiger partial charge in [0.05, 0.1) is 18.1 Å². The zero-order chi connectivity index (χ0) is 14.9. The number of imidazole rings is 1. The molecule has 0 saturated heterocycles. The second-order valence-corrected chi connectivity index (χ2v) is 5.75. The maximum atomic E-state index is 5.37. The number of fused-ring (bicyclic) bond motifs is 1.